The van der Waals surface area contributed by atoms with Crippen LogP contribution >= 0.6 is 0 Å². The Balaban J connectivity index is 1.37. The van der Waals surface area contributed by atoms with Gasteiger partial charge in [-0.1, -0.05) is 109 Å². The number of hydrogen-bond donors (Lipinski definition) is 5. The molecule has 5 atom stereocenters. The summed E-state index contributed by atoms with van der Waals surface area (Å²) in [6, 6.07) is 33.9. The summed E-state index contributed by atoms with van der Waals surface area (Å²) in [6.45, 7) is -6.55. The van der Waals surface area contributed by atoms with Crippen molar-refractivity contribution >= 4 is 35.6 Å². The number of benzene rings is 4. The molecule has 0 spiro atoms. The lowest BCUT2D eigenvalue weighted by Gasteiger charge is -2.36. The van der Waals surface area contributed by atoms with Gasteiger partial charge in [0.05, 0.1) is 12.7 Å². The van der Waals surface area contributed by atoms with Crippen LogP contribution in [0.2, 0.25) is 0 Å². The average Bonchev–Trinajstić information content (AvgIpc) is 3.35. The van der Waals surface area contributed by atoms with Crippen LogP contribution in [0.1, 0.15) is 22.3 Å². The minimum absolute atomic E-state index is 0.00850. The van der Waals surface area contributed by atoms with Crippen LogP contribution < -0.4 is 10.9 Å². The summed E-state index contributed by atoms with van der Waals surface area (Å²) in [5, 5.41) is 50.1. The second-order valence-corrected chi connectivity index (χ2v) is 11.2. The van der Waals surface area contributed by atoms with Crippen molar-refractivity contribution in [2.75, 3.05) is 13.2 Å². The van der Waals surface area contributed by atoms with Gasteiger partial charge < -0.3 is 44.0 Å². The van der Waals surface area contributed by atoms with Crippen LogP contribution in [0.15, 0.2) is 109 Å². The number of rotatable bonds is 7. The third-order valence-electron chi connectivity index (χ3n) is 8.49. The van der Waals surface area contributed by atoms with Gasteiger partial charge in [0.25, 0.3) is 0 Å². The van der Waals surface area contributed by atoms with Crippen molar-refractivity contribution in [3.05, 3.63) is 131 Å². The molecule has 0 aromatic heterocycles. The first-order chi connectivity index (χ1) is 20.7. The quantitative estimate of drug-likeness (QED) is 0.159. The molecule has 4 aliphatic heterocycles. The average molecular weight is 580 g/mol. The molecule has 4 saturated heterocycles. The number of aliphatic hydroxyl groups is 2. The predicted octanol–water partition coefficient (Wildman–Crippen LogP) is 0.857. The van der Waals surface area contributed by atoms with Crippen molar-refractivity contribution in [2.24, 2.45) is 0 Å². The number of hydrogen-bond acceptors (Lipinski definition) is 9. The standard InChI is InChI=1S/C32H30B2O9/c35-20-32-31-30(36)27(41-32)19-40-34(42-31,43-32)26-17-13-24(14-18-26)29(22-9-5-2-6-10-22)28(21-7-3-1-4-8-21)23-11-15-25(16-12-23)33(37,38)39/h1-18,27,30-31,35-39H,19-20H2/q-2/t27-,30+,31+,32+,34?/m1/s1. The lowest BCUT2D eigenvalue weighted by molar-refractivity contribution is -0.193. The Morgan fingerprint density at radius 2 is 1.26 bits per heavy atom. The molecule has 43 heavy (non-hydrogen) atoms. The zero-order chi connectivity index (χ0) is 29.8. The fraction of sp³-hybridized carbons (Fsp3) is 0.188. The highest BCUT2D eigenvalue weighted by Crippen LogP contribution is 2.47. The van der Waals surface area contributed by atoms with E-state index in [1.165, 1.54) is 12.1 Å². The number of fused-ring (bicyclic) bond motifs is 1. The third-order valence-corrected chi connectivity index (χ3v) is 8.49. The van der Waals surface area contributed by atoms with Gasteiger partial charge in [0.2, 0.25) is 0 Å². The summed E-state index contributed by atoms with van der Waals surface area (Å²) >= 11 is 0. The minimum Gasteiger partial charge on any atom is -0.556 e. The number of ether oxygens (including phenoxy) is 1. The Labute approximate surface area is 248 Å². The molecule has 8 rings (SSSR count). The molecule has 0 radical (unpaired) electrons. The maximum absolute atomic E-state index is 10.7. The molecule has 0 saturated carbocycles. The topological polar surface area (TPSA) is 138 Å². The second kappa shape index (κ2) is 10.5. The fourth-order valence-electron chi connectivity index (χ4n) is 6.36. The largest absolute Gasteiger partial charge is 0.556 e. The smallest absolute Gasteiger partial charge is 0.412 e. The van der Waals surface area contributed by atoms with E-state index in [-0.39, 0.29) is 12.1 Å². The van der Waals surface area contributed by atoms with Crippen molar-refractivity contribution in [1.29, 1.82) is 0 Å². The lowest BCUT2D eigenvalue weighted by Crippen LogP contribution is -2.54. The first-order valence-electron chi connectivity index (χ1n) is 14.2. The van der Waals surface area contributed by atoms with Crippen molar-refractivity contribution in [1.82, 2.24) is 0 Å². The van der Waals surface area contributed by atoms with Gasteiger partial charge in [-0.05, 0) is 33.4 Å². The zero-order valence-corrected chi connectivity index (χ0v) is 23.1. The fourth-order valence-corrected chi connectivity index (χ4v) is 6.36. The van der Waals surface area contributed by atoms with Gasteiger partial charge in [0, 0.05) is 6.61 Å². The molecular weight excluding hydrogens is 550 g/mol. The summed E-state index contributed by atoms with van der Waals surface area (Å²) < 4.78 is 24.3. The van der Waals surface area contributed by atoms with Crippen LogP contribution in [-0.2, 0) is 18.7 Å². The Kier molecular flexibility index (Phi) is 6.90. The van der Waals surface area contributed by atoms with Gasteiger partial charge in [0.15, 0.2) is 5.79 Å². The molecule has 4 heterocycles. The Morgan fingerprint density at radius 1 is 0.744 bits per heavy atom. The molecule has 220 valence electrons. The Bertz CT molecular complexity index is 1640. The van der Waals surface area contributed by atoms with Crippen LogP contribution in [-0.4, -0.2) is 76.1 Å². The van der Waals surface area contributed by atoms with Gasteiger partial charge >= 0.3 is 13.5 Å². The number of aliphatic hydroxyl groups excluding tert-OH is 2. The zero-order valence-electron chi connectivity index (χ0n) is 23.1. The first-order valence-corrected chi connectivity index (χ1v) is 14.2. The second-order valence-electron chi connectivity index (χ2n) is 11.2. The van der Waals surface area contributed by atoms with Crippen molar-refractivity contribution in [3.63, 3.8) is 0 Å². The molecular formula is C32H30B2O9-2. The maximum atomic E-state index is 10.7. The lowest BCUT2D eigenvalue weighted by atomic mass is 9.69. The predicted molar refractivity (Wildman–Crippen MR) is 161 cm³/mol. The molecule has 4 aromatic rings. The Morgan fingerprint density at radius 3 is 1.74 bits per heavy atom. The normalized spacial score (nSPS) is 28.5. The van der Waals surface area contributed by atoms with Gasteiger partial charge in [-0.15, -0.1) is 10.9 Å². The molecule has 4 aromatic carbocycles. The highest BCUT2D eigenvalue weighted by atomic mass is 16.9. The van der Waals surface area contributed by atoms with E-state index in [1.807, 2.05) is 84.9 Å². The van der Waals surface area contributed by atoms with E-state index >= 15 is 0 Å². The van der Waals surface area contributed by atoms with Crippen molar-refractivity contribution in [2.45, 2.75) is 24.1 Å². The molecule has 4 fully saturated rings. The van der Waals surface area contributed by atoms with E-state index in [0.29, 0.717) is 5.46 Å². The van der Waals surface area contributed by atoms with Gasteiger partial charge in [-0.3, -0.25) is 0 Å². The molecule has 5 N–H and O–H groups in total. The molecule has 0 aliphatic carbocycles. The summed E-state index contributed by atoms with van der Waals surface area (Å²) in [5.41, 5.74) is 5.96. The van der Waals surface area contributed by atoms with Gasteiger partial charge in [-0.2, -0.15) is 0 Å². The van der Waals surface area contributed by atoms with E-state index in [1.54, 1.807) is 12.1 Å². The van der Waals surface area contributed by atoms with E-state index in [0.717, 1.165) is 33.4 Å². The van der Waals surface area contributed by atoms with Crippen LogP contribution in [0.25, 0.3) is 11.1 Å². The van der Waals surface area contributed by atoms with Crippen LogP contribution in [0.3, 0.4) is 0 Å². The minimum atomic E-state index is -3.63. The maximum Gasteiger partial charge on any atom is 0.412 e. The summed E-state index contributed by atoms with van der Waals surface area (Å²) in [4.78, 5) is 0. The van der Waals surface area contributed by atoms with Crippen molar-refractivity contribution in [3.8, 4) is 0 Å². The van der Waals surface area contributed by atoms with Crippen molar-refractivity contribution < 1.29 is 44.0 Å². The molecule has 11 heteroatoms. The molecule has 1 unspecified atom stereocenters. The van der Waals surface area contributed by atoms with E-state index in [4.69, 9.17) is 18.7 Å². The highest BCUT2D eigenvalue weighted by Gasteiger charge is 2.66. The first kappa shape index (κ1) is 28.2. The SMILES string of the molecule is OC[C@@]12O[C@@H]3CO[B-](c4ccc(C(=C(c5ccccc5)c5ccc([B-](O)(O)O)cc5)c5ccccc5)cc4)(O[C@H]1[C@H]3O)O2. The van der Waals surface area contributed by atoms with E-state index in [9.17, 15) is 25.3 Å². The van der Waals surface area contributed by atoms with Crippen LogP contribution in [0.4, 0.5) is 0 Å². The van der Waals surface area contributed by atoms with Crippen LogP contribution in [0.5, 0.6) is 0 Å². The summed E-state index contributed by atoms with van der Waals surface area (Å²) in [5.74, 6) is -1.49. The van der Waals surface area contributed by atoms with E-state index < -0.39 is 44.2 Å². The molecule has 9 nitrogen and oxygen atoms in total. The summed E-state index contributed by atoms with van der Waals surface area (Å²) in [6.07, 6.45) is -2.53. The van der Waals surface area contributed by atoms with Crippen LogP contribution in [0, 0.1) is 0 Å². The molecule has 0 amide bonds. The summed E-state index contributed by atoms with van der Waals surface area (Å²) in [7, 11) is 0. The molecule has 4 bridgehead atoms. The molecule has 4 aliphatic rings. The van der Waals surface area contributed by atoms with Gasteiger partial charge in [0.1, 0.15) is 12.2 Å². The Hall–Kier alpha value is -3.61. The van der Waals surface area contributed by atoms with Gasteiger partial charge in [-0.25, -0.2) is 0 Å². The third kappa shape index (κ3) is 4.76. The monoisotopic (exact) mass is 580 g/mol. The van der Waals surface area contributed by atoms with E-state index in [2.05, 4.69) is 0 Å². The highest BCUT2D eigenvalue weighted by molar-refractivity contribution is 6.76.